The molecule has 0 aromatic rings. The molecule has 10 atom stereocenters. The smallest absolute Gasteiger partial charge is 0.342 e. The van der Waals surface area contributed by atoms with Crippen LogP contribution in [0.1, 0.15) is 67.7 Å². The van der Waals surface area contributed by atoms with Crippen molar-refractivity contribution < 1.29 is 48.0 Å². The molecular weight excluding hydrogens is 472 g/mol. The SMILES string of the molecule is CC(=O)O[C@H]1C[C@H](OC(C)=O)[C@@]2(C)[C@H]([C@H]1C)[C@@H](O)[C@]13O[C@@]1(C)C(=O)O[C@H]3/C=C(/C)CC[C@@H]2OC(C)=O. The molecule has 2 heterocycles. The van der Waals surface area contributed by atoms with Crippen molar-refractivity contribution >= 4 is 23.9 Å². The number of allylic oxidation sites excluding steroid dienone is 1. The molecule has 0 amide bonds. The van der Waals surface area contributed by atoms with Gasteiger partial charge in [0.15, 0.2) is 17.3 Å². The quantitative estimate of drug-likeness (QED) is 0.261. The van der Waals surface area contributed by atoms with Crippen molar-refractivity contribution in [1.29, 1.82) is 0 Å². The fraction of sp³-hybridized carbons (Fsp3) is 0.769. The summed E-state index contributed by atoms with van der Waals surface area (Å²) in [6, 6.07) is 0. The zero-order chi connectivity index (χ0) is 26.8. The van der Waals surface area contributed by atoms with Crippen LogP contribution in [-0.4, -0.2) is 70.7 Å². The molecule has 0 bridgehead atoms. The van der Waals surface area contributed by atoms with E-state index in [1.54, 1.807) is 13.0 Å². The summed E-state index contributed by atoms with van der Waals surface area (Å²) in [6.45, 7) is 11.0. The van der Waals surface area contributed by atoms with E-state index in [1.165, 1.54) is 20.8 Å². The standard InChI is InChI=1S/C26H36O10/c1-12-8-9-18(33-15(4)28)24(6)19(34-16(5)29)11-17(32-14(3)27)13(2)21(24)22(30)26-20(10-12)35-23(31)25(26,7)36-26/h10,13,17-22,30H,8-9,11H2,1-7H3/b12-10-/t13-,17-,18-,19-,20-,21+,22+,24-,25-,26-/m0/s1. The van der Waals surface area contributed by atoms with Crippen LogP contribution in [0.2, 0.25) is 0 Å². The van der Waals surface area contributed by atoms with E-state index in [2.05, 4.69) is 0 Å². The van der Waals surface area contributed by atoms with Crippen LogP contribution in [0.15, 0.2) is 11.6 Å². The van der Waals surface area contributed by atoms with Crippen LogP contribution < -0.4 is 0 Å². The van der Waals surface area contributed by atoms with Crippen molar-refractivity contribution in [3.63, 3.8) is 0 Å². The summed E-state index contributed by atoms with van der Waals surface area (Å²) in [5, 5.41) is 12.1. The number of esters is 4. The average molecular weight is 509 g/mol. The molecular formula is C26H36O10. The lowest BCUT2D eigenvalue weighted by molar-refractivity contribution is -0.230. The van der Waals surface area contributed by atoms with Gasteiger partial charge in [-0.1, -0.05) is 19.4 Å². The van der Waals surface area contributed by atoms with E-state index in [-0.39, 0.29) is 6.42 Å². The number of carbonyl (C=O) groups is 4. The van der Waals surface area contributed by atoms with Crippen molar-refractivity contribution in [2.24, 2.45) is 17.3 Å². The highest BCUT2D eigenvalue weighted by molar-refractivity contribution is 5.88. The third-order valence-corrected chi connectivity index (χ3v) is 8.78. The maximum Gasteiger partial charge on any atom is 0.342 e. The molecule has 1 spiro atoms. The molecule has 4 aliphatic rings. The third kappa shape index (κ3) is 3.84. The fourth-order valence-electron chi connectivity index (χ4n) is 6.98. The Morgan fingerprint density at radius 3 is 2.17 bits per heavy atom. The lowest BCUT2D eigenvalue weighted by Crippen LogP contribution is -2.65. The monoisotopic (exact) mass is 508 g/mol. The highest BCUT2D eigenvalue weighted by atomic mass is 16.7. The molecule has 10 nitrogen and oxygen atoms in total. The van der Waals surface area contributed by atoms with Crippen LogP contribution in [-0.2, 0) is 42.9 Å². The second kappa shape index (κ2) is 8.83. The van der Waals surface area contributed by atoms with E-state index in [4.69, 9.17) is 23.7 Å². The summed E-state index contributed by atoms with van der Waals surface area (Å²) in [5.74, 6) is -3.37. The van der Waals surface area contributed by atoms with Gasteiger partial charge in [0.05, 0.1) is 6.10 Å². The lowest BCUT2D eigenvalue weighted by atomic mass is 9.53. The maximum absolute atomic E-state index is 12.8. The van der Waals surface area contributed by atoms with Gasteiger partial charge in [-0.25, -0.2) is 4.79 Å². The zero-order valence-electron chi connectivity index (χ0n) is 21.9. The van der Waals surface area contributed by atoms with E-state index < -0.39 is 82.8 Å². The predicted molar refractivity (Wildman–Crippen MR) is 123 cm³/mol. The van der Waals surface area contributed by atoms with Crippen LogP contribution in [0, 0.1) is 17.3 Å². The van der Waals surface area contributed by atoms with Gasteiger partial charge in [0.25, 0.3) is 0 Å². The van der Waals surface area contributed by atoms with E-state index in [0.29, 0.717) is 12.8 Å². The molecule has 0 radical (unpaired) electrons. The Balaban J connectivity index is 1.92. The highest BCUT2D eigenvalue weighted by Crippen LogP contribution is 2.65. The fourth-order valence-corrected chi connectivity index (χ4v) is 6.98. The first-order valence-electron chi connectivity index (χ1n) is 12.5. The van der Waals surface area contributed by atoms with Gasteiger partial charge in [0.2, 0.25) is 0 Å². The summed E-state index contributed by atoms with van der Waals surface area (Å²) < 4.78 is 29.0. The Morgan fingerprint density at radius 2 is 1.61 bits per heavy atom. The van der Waals surface area contributed by atoms with Gasteiger partial charge in [-0.05, 0) is 38.7 Å². The number of hydrogen-bond donors (Lipinski definition) is 1. The molecule has 3 fully saturated rings. The maximum atomic E-state index is 12.8. The van der Waals surface area contributed by atoms with Gasteiger partial charge >= 0.3 is 23.9 Å². The Bertz CT molecular complexity index is 1000. The minimum atomic E-state index is -1.39. The Kier molecular flexibility index (Phi) is 6.53. The molecule has 4 rings (SSSR count). The number of aliphatic hydroxyl groups excluding tert-OH is 1. The number of hydrogen-bond acceptors (Lipinski definition) is 10. The molecule has 0 aromatic heterocycles. The topological polar surface area (TPSA) is 138 Å². The Labute approximate surface area is 210 Å². The lowest BCUT2D eigenvalue weighted by Gasteiger charge is -2.56. The number of aliphatic hydroxyl groups is 1. The Hall–Kier alpha value is -2.46. The second-order valence-electron chi connectivity index (χ2n) is 11.1. The normalized spacial score (nSPS) is 47.1. The summed E-state index contributed by atoms with van der Waals surface area (Å²) in [7, 11) is 0. The van der Waals surface area contributed by atoms with Crippen LogP contribution in [0.4, 0.5) is 0 Å². The molecule has 2 saturated heterocycles. The van der Waals surface area contributed by atoms with Gasteiger partial charge in [0.1, 0.15) is 18.3 Å². The van der Waals surface area contributed by atoms with Gasteiger partial charge < -0.3 is 28.8 Å². The molecule has 2 aliphatic heterocycles. The molecule has 2 aliphatic carbocycles. The van der Waals surface area contributed by atoms with Gasteiger partial charge in [-0.15, -0.1) is 0 Å². The number of ether oxygens (including phenoxy) is 5. The van der Waals surface area contributed by atoms with Crippen molar-refractivity contribution in [2.75, 3.05) is 0 Å². The molecule has 36 heavy (non-hydrogen) atoms. The van der Waals surface area contributed by atoms with Crippen LogP contribution >= 0.6 is 0 Å². The van der Waals surface area contributed by atoms with Crippen molar-refractivity contribution in [2.45, 2.75) is 109 Å². The van der Waals surface area contributed by atoms with E-state index in [1.807, 2.05) is 20.8 Å². The van der Waals surface area contributed by atoms with Crippen molar-refractivity contribution in [3.8, 4) is 0 Å². The molecule has 200 valence electrons. The first-order chi connectivity index (χ1) is 16.7. The highest BCUT2D eigenvalue weighted by Gasteiger charge is 2.86. The first-order valence-corrected chi connectivity index (χ1v) is 12.5. The zero-order valence-corrected chi connectivity index (χ0v) is 21.9. The number of epoxide rings is 1. The summed E-state index contributed by atoms with van der Waals surface area (Å²) in [5.41, 5.74) is -2.98. The second-order valence-corrected chi connectivity index (χ2v) is 11.1. The molecule has 1 N–H and O–H groups in total. The van der Waals surface area contributed by atoms with E-state index in [0.717, 1.165) is 5.57 Å². The van der Waals surface area contributed by atoms with Crippen LogP contribution in [0.5, 0.6) is 0 Å². The van der Waals surface area contributed by atoms with Gasteiger partial charge in [-0.3, -0.25) is 14.4 Å². The third-order valence-electron chi connectivity index (χ3n) is 8.78. The van der Waals surface area contributed by atoms with Crippen molar-refractivity contribution in [1.82, 2.24) is 0 Å². The molecule has 0 aromatic carbocycles. The molecule has 10 heteroatoms. The average Bonchev–Trinajstić information content (AvgIpc) is 3.35. The summed E-state index contributed by atoms with van der Waals surface area (Å²) in [4.78, 5) is 49.2. The van der Waals surface area contributed by atoms with E-state index >= 15 is 0 Å². The van der Waals surface area contributed by atoms with Crippen molar-refractivity contribution in [3.05, 3.63) is 11.6 Å². The summed E-state index contributed by atoms with van der Waals surface area (Å²) >= 11 is 0. The number of rotatable bonds is 3. The first kappa shape index (κ1) is 26.6. The largest absolute Gasteiger partial charge is 0.462 e. The van der Waals surface area contributed by atoms with Gasteiger partial charge in [0, 0.05) is 38.5 Å². The minimum Gasteiger partial charge on any atom is -0.462 e. The number of carbonyl (C=O) groups excluding carboxylic acids is 4. The predicted octanol–water partition coefficient (Wildman–Crippen LogP) is 2.00. The number of fused-ring (bicyclic) bond motifs is 1. The molecule has 0 unspecified atom stereocenters. The molecule has 1 saturated carbocycles. The van der Waals surface area contributed by atoms with Crippen LogP contribution in [0.3, 0.4) is 0 Å². The minimum absolute atomic E-state index is 0.163. The summed E-state index contributed by atoms with van der Waals surface area (Å²) in [6.07, 6.45) is -1.61. The van der Waals surface area contributed by atoms with Gasteiger partial charge in [-0.2, -0.15) is 0 Å². The van der Waals surface area contributed by atoms with Crippen LogP contribution in [0.25, 0.3) is 0 Å². The Morgan fingerprint density at radius 1 is 1.03 bits per heavy atom. The van der Waals surface area contributed by atoms with E-state index in [9.17, 15) is 24.3 Å².